The summed E-state index contributed by atoms with van der Waals surface area (Å²) in [5, 5.41) is 12.6. The van der Waals surface area contributed by atoms with Gasteiger partial charge in [0.1, 0.15) is 5.75 Å². The van der Waals surface area contributed by atoms with Gasteiger partial charge in [-0.1, -0.05) is 31.4 Å². The molecule has 1 fully saturated rings. The molecule has 5 heteroatoms. The maximum atomic E-state index is 12.2. The van der Waals surface area contributed by atoms with Crippen LogP contribution in [0.25, 0.3) is 0 Å². The summed E-state index contributed by atoms with van der Waals surface area (Å²) in [5.74, 6) is 0.427. The highest BCUT2D eigenvalue weighted by molar-refractivity contribution is 5.98. The lowest BCUT2D eigenvalue weighted by Crippen LogP contribution is -2.41. The van der Waals surface area contributed by atoms with E-state index in [1.165, 1.54) is 6.42 Å². The normalized spacial score (nSPS) is 16.4. The molecule has 1 aromatic carbocycles. The van der Waals surface area contributed by atoms with Gasteiger partial charge in [-0.3, -0.25) is 9.59 Å². The largest absolute Gasteiger partial charge is 0.497 e. The number of carbonyl (C=O) groups is 2. The van der Waals surface area contributed by atoms with E-state index in [9.17, 15) is 14.7 Å². The van der Waals surface area contributed by atoms with Gasteiger partial charge in [-0.2, -0.15) is 0 Å². The van der Waals surface area contributed by atoms with Crippen LogP contribution in [-0.4, -0.2) is 37.1 Å². The molecule has 1 amide bonds. The Morgan fingerprint density at radius 2 is 1.96 bits per heavy atom. The molecule has 2 rings (SSSR count). The SMILES string of the molecule is COc1cccc(C(=O)CCC(=O)NCC2(CO)CCCCC2)c1. The maximum Gasteiger partial charge on any atom is 0.220 e. The number of amides is 1. The van der Waals surface area contributed by atoms with Crippen molar-refractivity contribution >= 4 is 11.7 Å². The van der Waals surface area contributed by atoms with Gasteiger partial charge in [-0.25, -0.2) is 0 Å². The summed E-state index contributed by atoms with van der Waals surface area (Å²) in [5.41, 5.74) is 0.381. The van der Waals surface area contributed by atoms with Gasteiger partial charge in [-0.05, 0) is 25.0 Å². The number of carbonyl (C=O) groups excluding carboxylic acids is 2. The van der Waals surface area contributed by atoms with Crippen LogP contribution < -0.4 is 10.1 Å². The van der Waals surface area contributed by atoms with Crippen LogP contribution in [0.15, 0.2) is 24.3 Å². The first-order valence-corrected chi connectivity index (χ1v) is 8.63. The third-order valence-corrected chi connectivity index (χ3v) is 4.88. The Morgan fingerprint density at radius 1 is 1.21 bits per heavy atom. The zero-order chi connectivity index (χ0) is 17.4. The number of hydrogen-bond acceptors (Lipinski definition) is 4. The molecular weight excluding hydrogens is 306 g/mol. The predicted octanol–water partition coefficient (Wildman–Crippen LogP) is 2.72. The summed E-state index contributed by atoms with van der Waals surface area (Å²) in [4.78, 5) is 24.2. The summed E-state index contributed by atoms with van der Waals surface area (Å²) in [6.07, 6.45) is 5.64. The van der Waals surface area contributed by atoms with Gasteiger partial charge in [0.25, 0.3) is 0 Å². The Labute approximate surface area is 143 Å². The molecule has 0 unspecified atom stereocenters. The van der Waals surface area contributed by atoms with Crippen LogP contribution in [0.5, 0.6) is 5.75 Å². The standard InChI is InChI=1S/C19H27NO4/c1-24-16-7-5-6-15(12-16)17(22)8-9-18(23)20-13-19(14-21)10-3-2-4-11-19/h5-7,12,21H,2-4,8-11,13-14H2,1H3,(H,20,23). The van der Waals surface area contributed by atoms with E-state index >= 15 is 0 Å². The average Bonchev–Trinajstić information content (AvgIpc) is 2.65. The first-order valence-electron chi connectivity index (χ1n) is 8.63. The van der Waals surface area contributed by atoms with Gasteiger partial charge in [0.15, 0.2) is 5.78 Å². The first-order chi connectivity index (χ1) is 11.6. The number of Topliss-reactive ketones (excluding diaryl/α,β-unsaturated/α-hetero) is 1. The van der Waals surface area contributed by atoms with Crippen LogP contribution in [-0.2, 0) is 4.79 Å². The number of methoxy groups -OCH3 is 1. The molecule has 0 aromatic heterocycles. The Bertz CT molecular complexity index is 564. The van der Waals surface area contributed by atoms with Crippen LogP contribution in [0, 0.1) is 5.41 Å². The fourth-order valence-corrected chi connectivity index (χ4v) is 3.23. The Balaban J connectivity index is 1.79. The number of benzene rings is 1. The Morgan fingerprint density at radius 3 is 2.62 bits per heavy atom. The van der Waals surface area contributed by atoms with Gasteiger partial charge in [-0.15, -0.1) is 0 Å². The Hall–Kier alpha value is -1.88. The van der Waals surface area contributed by atoms with Crippen molar-refractivity contribution < 1.29 is 19.4 Å². The van der Waals surface area contributed by atoms with Gasteiger partial charge < -0.3 is 15.2 Å². The first kappa shape index (κ1) is 18.5. The summed E-state index contributed by atoms with van der Waals surface area (Å²) >= 11 is 0. The zero-order valence-corrected chi connectivity index (χ0v) is 14.3. The third-order valence-electron chi connectivity index (χ3n) is 4.88. The number of nitrogens with one attached hydrogen (secondary N) is 1. The second-order valence-corrected chi connectivity index (χ2v) is 6.65. The molecule has 0 bridgehead atoms. The van der Waals surface area contributed by atoms with E-state index in [1.54, 1.807) is 31.4 Å². The molecule has 1 aliphatic carbocycles. The lowest BCUT2D eigenvalue weighted by atomic mass is 9.74. The Kier molecular flexibility index (Phi) is 6.79. The molecule has 0 spiro atoms. The quantitative estimate of drug-likeness (QED) is 0.717. The summed E-state index contributed by atoms with van der Waals surface area (Å²) in [6.45, 7) is 0.603. The van der Waals surface area contributed by atoms with E-state index in [0.717, 1.165) is 25.7 Å². The van der Waals surface area contributed by atoms with Crippen LogP contribution in [0.2, 0.25) is 0 Å². The number of rotatable bonds is 8. The highest BCUT2D eigenvalue weighted by Crippen LogP contribution is 2.35. The van der Waals surface area contributed by atoms with Crippen molar-refractivity contribution in [2.24, 2.45) is 5.41 Å². The molecular formula is C19H27NO4. The number of aliphatic hydroxyl groups excluding tert-OH is 1. The second kappa shape index (κ2) is 8.83. The fourth-order valence-electron chi connectivity index (χ4n) is 3.23. The van der Waals surface area contributed by atoms with Crippen molar-refractivity contribution in [3.05, 3.63) is 29.8 Å². The van der Waals surface area contributed by atoms with E-state index in [1.807, 2.05) is 0 Å². The highest BCUT2D eigenvalue weighted by Gasteiger charge is 2.31. The fraction of sp³-hybridized carbons (Fsp3) is 0.579. The van der Waals surface area contributed by atoms with Gasteiger partial charge in [0, 0.05) is 30.4 Å². The zero-order valence-electron chi connectivity index (χ0n) is 14.3. The second-order valence-electron chi connectivity index (χ2n) is 6.65. The minimum Gasteiger partial charge on any atom is -0.497 e. The van der Waals surface area contributed by atoms with E-state index in [-0.39, 0.29) is 36.6 Å². The van der Waals surface area contributed by atoms with Crippen LogP contribution in [0.1, 0.15) is 55.3 Å². The van der Waals surface area contributed by atoms with Crippen molar-refractivity contribution in [2.75, 3.05) is 20.3 Å². The van der Waals surface area contributed by atoms with Crippen molar-refractivity contribution in [2.45, 2.75) is 44.9 Å². The predicted molar refractivity (Wildman–Crippen MR) is 92.2 cm³/mol. The van der Waals surface area contributed by atoms with E-state index < -0.39 is 0 Å². The van der Waals surface area contributed by atoms with Crippen molar-refractivity contribution in [1.82, 2.24) is 5.32 Å². The number of ether oxygens (including phenoxy) is 1. The number of ketones is 1. The molecule has 1 aromatic rings. The minimum atomic E-state index is -0.176. The molecule has 5 nitrogen and oxygen atoms in total. The third kappa shape index (κ3) is 5.06. The molecule has 132 valence electrons. The van der Waals surface area contributed by atoms with Gasteiger partial charge in [0.05, 0.1) is 13.7 Å². The molecule has 0 heterocycles. The highest BCUT2D eigenvalue weighted by atomic mass is 16.5. The topological polar surface area (TPSA) is 75.6 Å². The van der Waals surface area contributed by atoms with E-state index in [0.29, 0.717) is 17.9 Å². The van der Waals surface area contributed by atoms with Crippen molar-refractivity contribution in [3.8, 4) is 5.75 Å². The number of hydrogen-bond donors (Lipinski definition) is 2. The summed E-state index contributed by atoms with van der Waals surface area (Å²) < 4.78 is 5.10. The summed E-state index contributed by atoms with van der Waals surface area (Å²) in [6, 6.07) is 6.96. The van der Waals surface area contributed by atoms with Crippen LogP contribution >= 0.6 is 0 Å². The average molecular weight is 333 g/mol. The minimum absolute atomic E-state index is 0.0708. The molecule has 0 radical (unpaired) electrons. The van der Waals surface area contributed by atoms with Crippen molar-refractivity contribution in [1.29, 1.82) is 0 Å². The smallest absolute Gasteiger partial charge is 0.220 e. The monoisotopic (exact) mass is 333 g/mol. The van der Waals surface area contributed by atoms with Gasteiger partial charge >= 0.3 is 0 Å². The van der Waals surface area contributed by atoms with Gasteiger partial charge in [0.2, 0.25) is 5.91 Å². The molecule has 0 atom stereocenters. The van der Waals surface area contributed by atoms with Crippen LogP contribution in [0.3, 0.4) is 0 Å². The lowest BCUT2D eigenvalue weighted by Gasteiger charge is -2.35. The number of aliphatic hydroxyl groups is 1. The molecule has 2 N–H and O–H groups in total. The molecule has 24 heavy (non-hydrogen) atoms. The molecule has 0 saturated heterocycles. The molecule has 1 saturated carbocycles. The van der Waals surface area contributed by atoms with E-state index in [2.05, 4.69) is 5.32 Å². The van der Waals surface area contributed by atoms with E-state index in [4.69, 9.17) is 4.74 Å². The van der Waals surface area contributed by atoms with Crippen molar-refractivity contribution in [3.63, 3.8) is 0 Å². The lowest BCUT2D eigenvalue weighted by molar-refractivity contribution is -0.121. The maximum absolute atomic E-state index is 12.2. The molecule has 0 aliphatic heterocycles. The summed E-state index contributed by atoms with van der Waals surface area (Å²) in [7, 11) is 1.55. The molecule has 1 aliphatic rings. The van der Waals surface area contributed by atoms with Crippen LogP contribution in [0.4, 0.5) is 0 Å².